The smallest absolute Gasteiger partial charge is 0.155 e. The van der Waals surface area contributed by atoms with E-state index in [4.69, 9.17) is 0 Å². The molecule has 0 bridgehead atoms. The second-order valence-corrected chi connectivity index (χ2v) is 5.75. The van der Waals surface area contributed by atoms with Crippen LogP contribution in [0.25, 0.3) is 5.65 Å². The molecule has 1 N–H and O–H groups in total. The van der Waals surface area contributed by atoms with E-state index in [0.29, 0.717) is 6.04 Å². The van der Waals surface area contributed by atoms with Gasteiger partial charge in [-0.05, 0) is 28.8 Å². The van der Waals surface area contributed by atoms with Crippen LogP contribution in [0.15, 0.2) is 23.2 Å². The summed E-state index contributed by atoms with van der Waals surface area (Å²) in [6, 6.07) is 0.519. The van der Waals surface area contributed by atoms with E-state index >= 15 is 0 Å². The Balaban J connectivity index is 2.07. The molecule has 0 aromatic carbocycles. The molecule has 0 aliphatic carbocycles. The summed E-state index contributed by atoms with van der Waals surface area (Å²) in [5, 5.41) is 3.60. The van der Waals surface area contributed by atoms with E-state index in [1.807, 2.05) is 12.4 Å². The molecule has 0 spiro atoms. The predicted molar refractivity (Wildman–Crippen MR) is 81.1 cm³/mol. The van der Waals surface area contributed by atoms with Crippen molar-refractivity contribution in [2.24, 2.45) is 5.92 Å². The van der Waals surface area contributed by atoms with Crippen LogP contribution in [0.4, 0.5) is 0 Å². The maximum Gasteiger partial charge on any atom is 0.155 e. The molecular weight excluding hydrogens is 304 g/mol. The van der Waals surface area contributed by atoms with Crippen molar-refractivity contribution in [1.29, 1.82) is 0 Å². The Morgan fingerprint density at radius 1 is 1.26 bits per heavy atom. The maximum atomic E-state index is 4.36. The van der Waals surface area contributed by atoms with Gasteiger partial charge in [0.25, 0.3) is 0 Å². The van der Waals surface area contributed by atoms with Gasteiger partial charge in [0.1, 0.15) is 4.60 Å². The van der Waals surface area contributed by atoms with Gasteiger partial charge in [-0.25, -0.2) is 9.97 Å². The largest absolute Gasteiger partial charge is 0.308 e. The maximum absolute atomic E-state index is 4.36. The zero-order valence-corrected chi connectivity index (χ0v) is 13.3. The first-order valence-corrected chi connectivity index (χ1v) is 7.65. The van der Waals surface area contributed by atoms with Crippen LogP contribution in [0.3, 0.4) is 0 Å². The number of nitrogens with one attached hydrogen (secondary N) is 1. The van der Waals surface area contributed by atoms with E-state index in [0.717, 1.165) is 28.4 Å². The highest BCUT2D eigenvalue weighted by atomic mass is 79.9. The van der Waals surface area contributed by atoms with Gasteiger partial charge in [-0.3, -0.25) is 4.40 Å². The number of imidazole rings is 1. The highest BCUT2D eigenvalue weighted by Gasteiger charge is 2.13. The van der Waals surface area contributed by atoms with Crippen molar-refractivity contribution in [3.05, 3.63) is 28.9 Å². The summed E-state index contributed by atoms with van der Waals surface area (Å²) in [4.78, 5) is 8.55. The van der Waals surface area contributed by atoms with Gasteiger partial charge in [-0.15, -0.1) is 0 Å². The van der Waals surface area contributed by atoms with E-state index in [2.05, 4.69) is 56.4 Å². The molecule has 5 heteroatoms. The molecule has 19 heavy (non-hydrogen) atoms. The second kappa shape index (κ2) is 6.48. The normalized spacial score (nSPS) is 13.3. The monoisotopic (exact) mass is 324 g/mol. The summed E-state index contributed by atoms with van der Waals surface area (Å²) in [5.74, 6) is 0.729. The van der Waals surface area contributed by atoms with Crippen molar-refractivity contribution in [3.63, 3.8) is 0 Å². The summed E-state index contributed by atoms with van der Waals surface area (Å²) >= 11 is 3.40. The average Bonchev–Trinajstić information content (AvgIpc) is 2.80. The molecule has 0 saturated heterocycles. The lowest BCUT2D eigenvalue weighted by Gasteiger charge is -2.22. The highest BCUT2D eigenvalue weighted by Crippen LogP contribution is 2.14. The number of aromatic nitrogens is 3. The van der Waals surface area contributed by atoms with E-state index < -0.39 is 0 Å². The lowest BCUT2D eigenvalue weighted by Crippen LogP contribution is -2.32. The first-order chi connectivity index (χ1) is 9.15. The number of hydrogen-bond donors (Lipinski definition) is 1. The molecule has 0 amide bonds. The van der Waals surface area contributed by atoms with Crippen molar-refractivity contribution in [1.82, 2.24) is 19.7 Å². The highest BCUT2D eigenvalue weighted by molar-refractivity contribution is 9.10. The molecule has 1 atom stereocenters. The molecule has 0 saturated carbocycles. The molecule has 104 valence electrons. The molecule has 2 heterocycles. The lowest BCUT2D eigenvalue weighted by atomic mass is 9.95. The zero-order chi connectivity index (χ0) is 13.8. The number of hydrogen-bond acceptors (Lipinski definition) is 3. The average molecular weight is 325 g/mol. The van der Waals surface area contributed by atoms with Crippen LogP contribution in [0.1, 0.15) is 39.3 Å². The summed E-state index contributed by atoms with van der Waals surface area (Å²) in [5.41, 5.74) is 2.05. The first-order valence-electron chi connectivity index (χ1n) is 6.86. The Labute approximate surface area is 122 Å². The fourth-order valence-corrected chi connectivity index (χ4v) is 2.78. The molecule has 2 aromatic heterocycles. The van der Waals surface area contributed by atoms with Gasteiger partial charge in [0.05, 0.1) is 18.1 Å². The summed E-state index contributed by atoms with van der Waals surface area (Å²) in [7, 11) is 0. The lowest BCUT2D eigenvalue weighted by molar-refractivity contribution is 0.351. The second-order valence-electron chi connectivity index (χ2n) is 4.93. The van der Waals surface area contributed by atoms with Crippen molar-refractivity contribution in [2.45, 2.75) is 46.2 Å². The SMILES string of the molecule is CCC(CC)C(C)NCc1cnc2cnc(Br)cn12. The van der Waals surface area contributed by atoms with E-state index in [-0.39, 0.29) is 0 Å². The third-order valence-corrected chi connectivity index (χ3v) is 4.21. The molecular formula is C14H21BrN4. The molecule has 0 aliphatic rings. The Kier molecular flexibility index (Phi) is 4.93. The van der Waals surface area contributed by atoms with Gasteiger partial charge >= 0.3 is 0 Å². The van der Waals surface area contributed by atoms with Crippen LogP contribution in [0.5, 0.6) is 0 Å². The Hall–Kier alpha value is -0.940. The minimum Gasteiger partial charge on any atom is -0.308 e. The van der Waals surface area contributed by atoms with Gasteiger partial charge in [0.2, 0.25) is 0 Å². The molecule has 2 rings (SSSR count). The quantitative estimate of drug-likeness (QED) is 0.885. The number of halogens is 1. The van der Waals surface area contributed by atoms with Crippen LogP contribution >= 0.6 is 15.9 Å². The molecule has 0 radical (unpaired) electrons. The van der Waals surface area contributed by atoms with Gasteiger partial charge in [-0.2, -0.15) is 0 Å². The van der Waals surface area contributed by atoms with E-state index in [1.165, 1.54) is 12.8 Å². The fraction of sp³-hybridized carbons (Fsp3) is 0.571. The predicted octanol–water partition coefficient (Wildman–Crippen LogP) is 3.41. The third-order valence-electron chi connectivity index (χ3n) is 3.80. The molecule has 0 aliphatic heterocycles. The Morgan fingerprint density at radius 3 is 2.68 bits per heavy atom. The van der Waals surface area contributed by atoms with Gasteiger partial charge < -0.3 is 5.32 Å². The zero-order valence-electron chi connectivity index (χ0n) is 11.7. The summed E-state index contributed by atoms with van der Waals surface area (Å²) in [6.45, 7) is 7.60. The summed E-state index contributed by atoms with van der Waals surface area (Å²) in [6.07, 6.45) is 8.08. The summed E-state index contributed by atoms with van der Waals surface area (Å²) < 4.78 is 2.90. The van der Waals surface area contributed by atoms with Gasteiger partial charge in [-0.1, -0.05) is 26.7 Å². The van der Waals surface area contributed by atoms with E-state index in [1.54, 1.807) is 6.20 Å². The van der Waals surface area contributed by atoms with Crippen LogP contribution in [0, 0.1) is 5.92 Å². The van der Waals surface area contributed by atoms with Gasteiger partial charge in [0.15, 0.2) is 5.65 Å². The van der Waals surface area contributed by atoms with Crippen molar-refractivity contribution >= 4 is 21.6 Å². The van der Waals surface area contributed by atoms with Crippen molar-refractivity contribution < 1.29 is 0 Å². The standard InChI is InChI=1S/C14H21BrN4/c1-4-11(5-2)10(3)16-6-12-7-18-14-8-17-13(15)9-19(12)14/h7-11,16H,4-6H2,1-3H3. The Bertz CT molecular complexity index is 533. The van der Waals surface area contributed by atoms with Crippen molar-refractivity contribution in [2.75, 3.05) is 0 Å². The van der Waals surface area contributed by atoms with Crippen LogP contribution in [0.2, 0.25) is 0 Å². The molecule has 0 fully saturated rings. The topological polar surface area (TPSA) is 42.2 Å². The minimum atomic E-state index is 0.519. The van der Waals surface area contributed by atoms with Crippen LogP contribution < -0.4 is 5.32 Å². The third kappa shape index (κ3) is 3.34. The minimum absolute atomic E-state index is 0.519. The van der Waals surface area contributed by atoms with Crippen LogP contribution in [-0.2, 0) is 6.54 Å². The molecule has 2 aromatic rings. The fourth-order valence-electron chi connectivity index (χ4n) is 2.47. The Morgan fingerprint density at radius 2 is 2.00 bits per heavy atom. The number of rotatable bonds is 6. The number of nitrogens with zero attached hydrogens (tertiary/aromatic N) is 3. The van der Waals surface area contributed by atoms with Gasteiger partial charge in [0, 0.05) is 18.8 Å². The van der Waals surface area contributed by atoms with E-state index in [9.17, 15) is 0 Å². The van der Waals surface area contributed by atoms with Crippen molar-refractivity contribution in [3.8, 4) is 0 Å². The van der Waals surface area contributed by atoms with Crippen LogP contribution in [-0.4, -0.2) is 20.4 Å². The number of fused-ring (bicyclic) bond motifs is 1. The molecule has 1 unspecified atom stereocenters. The first kappa shape index (κ1) is 14.5. The molecule has 4 nitrogen and oxygen atoms in total.